The van der Waals surface area contributed by atoms with E-state index in [0.717, 1.165) is 20.1 Å². The lowest BCUT2D eigenvalue weighted by Crippen LogP contribution is -1.95. The maximum Gasteiger partial charge on any atom is 0.222 e. The number of fused-ring (bicyclic) bond motifs is 1. The average molecular weight is 294 g/mol. The van der Waals surface area contributed by atoms with Crippen molar-refractivity contribution in [3.05, 3.63) is 40.7 Å². The molecule has 0 spiro atoms. The normalized spacial score (nSPS) is 10.9. The summed E-state index contributed by atoms with van der Waals surface area (Å²) in [5.41, 5.74) is 5.71. The third-order valence-electron chi connectivity index (χ3n) is 2.32. The quantitative estimate of drug-likeness (QED) is 0.723. The summed E-state index contributed by atoms with van der Waals surface area (Å²) >= 11 is 9.07. The minimum atomic E-state index is 0.300. The van der Waals surface area contributed by atoms with Crippen molar-refractivity contribution in [1.82, 2.24) is 9.97 Å². The molecule has 0 amide bonds. The highest BCUT2D eigenvalue weighted by Crippen LogP contribution is 2.34. The van der Waals surface area contributed by atoms with Crippen LogP contribution in [0.3, 0.4) is 0 Å². The lowest BCUT2D eigenvalue weighted by atomic mass is 10.4. The van der Waals surface area contributed by atoms with E-state index in [2.05, 4.69) is 9.97 Å². The molecule has 0 saturated heterocycles. The highest BCUT2D eigenvalue weighted by Gasteiger charge is 2.09. The number of rotatable bonds is 2. The summed E-state index contributed by atoms with van der Waals surface area (Å²) in [5.74, 6) is 0.300. The van der Waals surface area contributed by atoms with Gasteiger partial charge in [-0.2, -0.15) is 0 Å². The van der Waals surface area contributed by atoms with Gasteiger partial charge in [0, 0.05) is 15.3 Å². The Hall–Kier alpha value is -1.30. The number of halogens is 1. The summed E-state index contributed by atoms with van der Waals surface area (Å²) in [6, 6.07) is 9.67. The molecule has 90 valence electrons. The van der Waals surface area contributed by atoms with Crippen molar-refractivity contribution < 1.29 is 0 Å². The van der Waals surface area contributed by atoms with Crippen molar-refractivity contribution in [1.29, 1.82) is 0 Å². The molecular formula is C12H8ClN3S2. The summed E-state index contributed by atoms with van der Waals surface area (Å²) in [6.07, 6.45) is 0. The number of aromatic nitrogens is 2. The smallest absolute Gasteiger partial charge is 0.222 e. The molecule has 2 aromatic heterocycles. The Kier molecular flexibility index (Phi) is 3.11. The molecule has 3 aromatic rings. The van der Waals surface area contributed by atoms with E-state index in [1.165, 1.54) is 0 Å². The maximum absolute atomic E-state index is 5.97. The Balaban J connectivity index is 2.06. The molecule has 0 aliphatic rings. The van der Waals surface area contributed by atoms with E-state index in [1.54, 1.807) is 23.1 Å². The summed E-state index contributed by atoms with van der Waals surface area (Å²) in [7, 11) is 0. The van der Waals surface area contributed by atoms with Crippen LogP contribution in [0.5, 0.6) is 0 Å². The molecule has 0 aliphatic carbocycles. The van der Waals surface area contributed by atoms with Crippen molar-refractivity contribution in [2.75, 3.05) is 5.73 Å². The van der Waals surface area contributed by atoms with Gasteiger partial charge in [0.25, 0.3) is 0 Å². The standard InChI is InChI=1S/C12H8ClN3S2/c13-7-2-1-3-8(6-7)18-11-9-4-5-17-10(9)15-12(14)16-11/h1-6H,(H2,14,15,16). The van der Waals surface area contributed by atoms with Crippen LogP contribution >= 0.6 is 34.7 Å². The molecule has 0 fully saturated rings. The van der Waals surface area contributed by atoms with Crippen LogP contribution in [0.15, 0.2) is 45.6 Å². The van der Waals surface area contributed by atoms with Crippen LogP contribution < -0.4 is 5.73 Å². The van der Waals surface area contributed by atoms with Crippen LogP contribution in [0.1, 0.15) is 0 Å². The fourth-order valence-corrected chi connectivity index (χ4v) is 3.62. The molecule has 1 aromatic carbocycles. The Morgan fingerprint density at radius 3 is 2.94 bits per heavy atom. The summed E-state index contributed by atoms with van der Waals surface area (Å²) in [4.78, 5) is 10.4. The molecule has 0 atom stereocenters. The van der Waals surface area contributed by atoms with Gasteiger partial charge in [0.1, 0.15) is 9.86 Å². The molecule has 0 unspecified atom stereocenters. The van der Waals surface area contributed by atoms with Gasteiger partial charge in [0.05, 0.1) is 0 Å². The monoisotopic (exact) mass is 293 g/mol. The van der Waals surface area contributed by atoms with Gasteiger partial charge in [-0.1, -0.05) is 29.4 Å². The lowest BCUT2D eigenvalue weighted by molar-refractivity contribution is 1.12. The predicted molar refractivity (Wildman–Crippen MR) is 77.4 cm³/mol. The largest absolute Gasteiger partial charge is 0.368 e. The van der Waals surface area contributed by atoms with Crippen LogP contribution in [-0.4, -0.2) is 9.97 Å². The van der Waals surface area contributed by atoms with Crippen LogP contribution in [0.4, 0.5) is 5.95 Å². The number of benzene rings is 1. The molecule has 6 heteroatoms. The Labute approximate surface area is 117 Å². The van der Waals surface area contributed by atoms with Gasteiger partial charge in [0.2, 0.25) is 5.95 Å². The Morgan fingerprint density at radius 2 is 2.11 bits per heavy atom. The van der Waals surface area contributed by atoms with E-state index >= 15 is 0 Å². The second-order valence-corrected chi connectivity index (χ2v) is 5.98. The first kappa shape index (κ1) is 11.8. The van der Waals surface area contributed by atoms with Crippen molar-refractivity contribution >= 4 is 50.9 Å². The molecule has 18 heavy (non-hydrogen) atoms. The zero-order valence-electron chi connectivity index (χ0n) is 9.13. The lowest BCUT2D eigenvalue weighted by Gasteiger charge is -2.03. The number of hydrogen-bond acceptors (Lipinski definition) is 5. The zero-order valence-corrected chi connectivity index (χ0v) is 11.5. The topological polar surface area (TPSA) is 51.8 Å². The summed E-state index contributed by atoms with van der Waals surface area (Å²) in [5, 5.41) is 4.59. The van der Waals surface area contributed by atoms with Gasteiger partial charge in [-0.3, -0.25) is 0 Å². The number of thiophene rings is 1. The first-order valence-corrected chi connectivity index (χ1v) is 7.24. The van der Waals surface area contributed by atoms with Crippen molar-refractivity contribution in [2.45, 2.75) is 9.92 Å². The van der Waals surface area contributed by atoms with E-state index in [0.29, 0.717) is 11.0 Å². The van der Waals surface area contributed by atoms with Gasteiger partial charge in [0.15, 0.2) is 0 Å². The van der Waals surface area contributed by atoms with E-state index in [4.69, 9.17) is 17.3 Å². The highest BCUT2D eigenvalue weighted by molar-refractivity contribution is 7.99. The number of nitrogens with zero attached hydrogens (tertiary/aromatic N) is 2. The van der Waals surface area contributed by atoms with Crippen LogP contribution in [0.25, 0.3) is 10.2 Å². The fraction of sp³-hybridized carbons (Fsp3) is 0. The summed E-state index contributed by atoms with van der Waals surface area (Å²) < 4.78 is 0. The number of anilines is 1. The van der Waals surface area contributed by atoms with E-state index in [-0.39, 0.29) is 0 Å². The van der Waals surface area contributed by atoms with E-state index in [9.17, 15) is 0 Å². The Morgan fingerprint density at radius 1 is 1.22 bits per heavy atom. The Bertz CT molecular complexity index is 711. The minimum absolute atomic E-state index is 0.300. The zero-order chi connectivity index (χ0) is 12.5. The summed E-state index contributed by atoms with van der Waals surface area (Å²) in [6.45, 7) is 0. The number of nitrogen functional groups attached to an aromatic ring is 1. The van der Waals surface area contributed by atoms with Gasteiger partial charge in [-0.25, -0.2) is 9.97 Å². The van der Waals surface area contributed by atoms with Crippen molar-refractivity contribution in [3.63, 3.8) is 0 Å². The van der Waals surface area contributed by atoms with Gasteiger partial charge >= 0.3 is 0 Å². The van der Waals surface area contributed by atoms with Gasteiger partial charge < -0.3 is 5.73 Å². The molecule has 2 heterocycles. The molecule has 0 bridgehead atoms. The SMILES string of the molecule is Nc1nc(Sc2cccc(Cl)c2)c2ccsc2n1. The first-order valence-electron chi connectivity index (χ1n) is 5.16. The average Bonchev–Trinajstić information content (AvgIpc) is 2.77. The second-order valence-electron chi connectivity index (χ2n) is 3.59. The molecule has 0 aliphatic heterocycles. The fourth-order valence-electron chi connectivity index (χ4n) is 1.56. The number of hydrogen-bond donors (Lipinski definition) is 1. The van der Waals surface area contributed by atoms with Crippen LogP contribution in [-0.2, 0) is 0 Å². The molecule has 2 N–H and O–H groups in total. The molecule has 3 rings (SSSR count). The molecule has 3 nitrogen and oxygen atoms in total. The molecule has 0 radical (unpaired) electrons. The second kappa shape index (κ2) is 4.76. The predicted octanol–water partition coefficient (Wildman–Crippen LogP) is 4.08. The van der Waals surface area contributed by atoms with Gasteiger partial charge in [-0.15, -0.1) is 11.3 Å². The minimum Gasteiger partial charge on any atom is -0.368 e. The molecular weight excluding hydrogens is 286 g/mol. The third kappa shape index (κ3) is 2.29. The molecule has 0 saturated carbocycles. The number of nitrogens with two attached hydrogens (primary N) is 1. The first-order chi connectivity index (χ1) is 8.72. The van der Waals surface area contributed by atoms with Gasteiger partial charge in [-0.05, 0) is 29.6 Å². The van der Waals surface area contributed by atoms with Crippen LogP contribution in [0.2, 0.25) is 5.02 Å². The van der Waals surface area contributed by atoms with E-state index < -0.39 is 0 Å². The van der Waals surface area contributed by atoms with Crippen molar-refractivity contribution in [2.24, 2.45) is 0 Å². The van der Waals surface area contributed by atoms with Crippen LogP contribution in [0, 0.1) is 0 Å². The highest BCUT2D eigenvalue weighted by atomic mass is 35.5. The third-order valence-corrected chi connectivity index (χ3v) is 4.35. The van der Waals surface area contributed by atoms with E-state index in [1.807, 2.05) is 35.7 Å². The van der Waals surface area contributed by atoms with Crippen molar-refractivity contribution in [3.8, 4) is 0 Å². The maximum atomic E-state index is 5.97.